The lowest BCUT2D eigenvalue weighted by molar-refractivity contribution is -0.150. The van der Waals surface area contributed by atoms with Crippen molar-refractivity contribution < 1.29 is 23.8 Å². The van der Waals surface area contributed by atoms with E-state index < -0.39 is 0 Å². The van der Waals surface area contributed by atoms with Crippen molar-refractivity contribution in [3.63, 3.8) is 0 Å². The number of hydrogen-bond donors (Lipinski definition) is 0. The molecule has 1 saturated heterocycles. The molecule has 1 unspecified atom stereocenters. The maximum atomic E-state index is 13.6. The molecule has 2 aromatic rings. The summed E-state index contributed by atoms with van der Waals surface area (Å²) < 4.78 is 17.3. The zero-order valence-electron chi connectivity index (χ0n) is 18.6. The second-order valence-corrected chi connectivity index (χ2v) is 7.36. The molecular weight excluding hydrogens is 412 g/mol. The first-order valence-electron chi connectivity index (χ1n) is 10.6. The maximum absolute atomic E-state index is 13.6. The molecular formula is C24H28N2O6. The van der Waals surface area contributed by atoms with Crippen molar-refractivity contribution in [2.75, 3.05) is 33.9 Å². The van der Waals surface area contributed by atoms with Gasteiger partial charge in [-0.25, -0.2) is 0 Å². The van der Waals surface area contributed by atoms with E-state index >= 15 is 0 Å². The van der Waals surface area contributed by atoms with Crippen LogP contribution >= 0.6 is 0 Å². The van der Waals surface area contributed by atoms with E-state index in [1.165, 1.54) is 24.9 Å². The Morgan fingerprint density at radius 1 is 1.12 bits per heavy atom. The van der Waals surface area contributed by atoms with Crippen LogP contribution in [-0.2, 0) is 14.3 Å². The van der Waals surface area contributed by atoms with Crippen LogP contribution in [0.15, 0.2) is 47.4 Å². The highest BCUT2D eigenvalue weighted by molar-refractivity contribution is 6.18. The van der Waals surface area contributed by atoms with Crippen molar-refractivity contribution in [3.05, 3.63) is 58.5 Å². The standard InChI is InChI=1S/C24H28N2O6/c1-4-32-24(29)18-10-8-13-25(16-18)23(28)19(26-14-6-5-12-21(26)27)15-17-9-7-11-20(30-2)22(17)31-3/h5-7,9,11-12,14-15,18H,4,8,10,13,16H2,1-3H3. The van der Waals surface area contributed by atoms with Crippen LogP contribution in [0.2, 0.25) is 0 Å². The minimum atomic E-state index is -0.382. The Hall–Kier alpha value is -3.55. The van der Waals surface area contributed by atoms with Crippen molar-refractivity contribution >= 4 is 23.6 Å². The molecule has 170 valence electrons. The van der Waals surface area contributed by atoms with Crippen LogP contribution in [0, 0.1) is 5.92 Å². The Morgan fingerprint density at radius 3 is 2.62 bits per heavy atom. The predicted molar refractivity (Wildman–Crippen MR) is 120 cm³/mol. The largest absolute Gasteiger partial charge is 0.493 e. The van der Waals surface area contributed by atoms with Crippen molar-refractivity contribution in [3.8, 4) is 11.5 Å². The summed E-state index contributed by atoms with van der Waals surface area (Å²) in [5.74, 6) is -0.0760. The SMILES string of the molecule is CCOC(=O)C1CCCN(C(=O)C(=Cc2cccc(OC)c2OC)n2ccccc2=O)C1. The van der Waals surface area contributed by atoms with E-state index in [9.17, 15) is 14.4 Å². The highest BCUT2D eigenvalue weighted by Crippen LogP contribution is 2.33. The van der Waals surface area contributed by atoms with E-state index in [0.717, 1.165) is 0 Å². The van der Waals surface area contributed by atoms with Gasteiger partial charge in [0.1, 0.15) is 5.70 Å². The summed E-state index contributed by atoms with van der Waals surface area (Å²) in [6, 6.07) is 10.00. The monoisotopic (exact) mass is 440 g/mol. The molecule has 1 fully saturated rings. The summed E-state index contributed by atoms with van der Waals surface area (Å²) in [6.07, 6.45) is 4.50. The number of carbonyl (C=O) groups excluding carboxylic acids is 2. The first kappa shape index (κ1) is 23.1. The second-order valence-electron chi connectivity index (χ2n) is 7.36. The molecule has 0 spiro atoms. The minimum absolute atomic E-state index is 0.159. The smallest absolute Gasteiger partial charge is 0.310 e. The van der Waals surface area contributed by atoms with Crippen LogP contribution in [0.3, 0.4) is 0 Å². The molecule has 0 aliphatic carbocycles. The first-order valence-corrected chi connectivity index (χ1v) is 10.6. The van der Waals surface area contributed by atoms with E-state index in [2.05, 4.69) is 0 Å². The van der Waals surface area contributed by atoms with Crippen molar-refractivity contribution in [1.82, 2.24) is 9.47 Å². The van der Waals surface area contributed by atoms with E-state index in [1.54, 1.807) is 54.4 Å². The predicted octanol–water partition coefficient (Wildman–Crippen LogP) is 2.67. The Bertz CT molecular complexity index is 1060. The highest BCUT2D eigenvalue weighted by atomic mass is 16.5. The van der Waals surface area contributed by atoms with Gasteiger partial charge in [0.2, 0.25) is 0 Å². The minimum Gasteiger partial charge on any atom is -0.493 e. The van der Waals surface area contributed by atoms with Gasteiger partial charge in [-0.1, -0.05) is 18.2 Å². The third-order valence-electron chi connectivity index (χ3n) is 5.36. The van der Waals surface area contributed by atoms with Gasteiger partial charge in [0, 0.05) is 30.9 Å². The first-order chi connectivity index (χ1) is 15.5. The Labute approximate surface area is 187 Å². The molecule has 0 saturated carbocycles. The number of aromatic nitrogens is 1. The number of hydrogen-bond acceptors (Lipinski definition) is 6. The number of nitrogens with zero attached hydrogens (tertiary/aromatic N) is 2. The molecule has 1 aliphatic heterocycles. The number of carbonyl (C=O) groups is 2. The number of rotatable bonds is 7. The van der Waals surface area contributed by atoms with Gasteiger partial charge in [0.15, 0.2) is 11.5 Å². The third kappa shape index (κ3) is 5.01. The Kier molecular flexibility index (Phi) is 7.70. The molecule has 1 aliphatic rings. The van der Waals surface area contributed by atoms with Gasteiger partial charge >= 0.3 is 5.97 Å². The molecule has 0 bridgehead atoms. The lowest BCUT2D eigenvalue weighted by atomic mass is 9.97. The summed E-state index contributed by atoms with van der Waals surface area (Å²) >= 11 is 0. The molecule has 3 rings (SSSR count). The number of para-hydroxylation sites is 1. The van der Waals surface area contributed by atoms with Crippen LogP contribution in [0.4, 0.5) is 0 Å². The lowest BCUT2D eigenvalue weighted by Gasteiger charge is -2.32. The van der Waals surface area contributed by atoms with E-state index in [0.29, 0.717) is 43.1 Å². The molecule has 8 heteroatoms. The Morgan fingerprint density at radius 2 is 1.94 bits per heavy atom. The normalized spacial score (nSPS) is 16.4. The number of pyridine rings is 1. The Balaban J connectivity index is 2.04. The van der Waals surface area contributed by atoms with Gasteiger partial charge in [0.05, 0.1) is 26.7 Å². The molecule has 1 aromatic heterocycles. The van der Waals surface area contributed by atoms with Crippen LogP contribution in [-0.4, -0.2) is 55.3 Å². The van der Waals surface area contributed by atoms with Crippen LogP contribution in [0.5, 0.6) is 11.5 Å². The fourth-order valence-corrected chi connectivity index (χ4v) is 3.81. The van der Waals surface area contributed by atoms with Crippen molar-refractivity contribution in [2.45, 2.75) is 19.8 Å². The molecule has 2 heterocycles. The number of piperidine rings is 1. The maximum Gasteiger partial charge on any atom is 0.310 e. The van der Waals surface area contributed by atoms with Gasteiger partial charge in [-0.2, -0.15) is 0 Å². The van der Waals surface area contributed by atoms with Crippen molar-refractivity contribution in [2.24, 2.45) is 5.92 Å². The molecule has 0 radical (unpaired) electrons. The van der Waals surface area contributed by atoms with Crippen molar-refractivity contribution in [1.29, 1.82) is 0 Å². The number of benzene rings is 1. The highest BCUT2D eigenvalue weighted by Gasteiger charge is 2.31. The van der Waals surface area contributed by atoms with Crippen LogP contribution in [0.25, 0.3) is 11.8 Å². The molecule has 0 N–H and O–H groups in total. The number of esters is 1. The molecule has 1 aromatic carbocycles. The fraction of sp³-hybridized carbons (Fsp3) is 0.375. The summed E-state index contributed by atoms with van der Waals surface area (Å²) in [7, 11) is 3.04. The van der Waals surface area contributed by atoms with Gasteiger partial charge < -0.3 is 19.1 Å². The van der Waals surface area contributed by atoms with Gasteiger partial charge in [-0.15, -0.1) is 0 Å². The van der Waals surface area contributed by atoms with E-state index in [1.807, 2.05) is 0 Å². The zero-order valence-corrected chi connectivity index (χ0v) is 18.6. The van der Waals surface area contributed by atoms with Crippen LogP contribution in [0.1, 0.15) is 25.3 Å². The quantitative estimate of drug-likeness (QED) is 0.486. The topological polar surface area (TPSA) is 87.1 Å². The van der Waals surface area contributed by atoms with Gasteiger partial charge in [0.25, 0.3) is 11.5 Å². The van der Waals surface area contributed by atoms with E-state index in [4.69, 9.17) is 14.2 Å². The molecule has 8 nitrogen and oxygen atoms in total. The number of ether oxygens (including phenoxy) is 3. The summed E-state index contributed by atoms with van der Waals surface area (Å²) in [4.78, 5) is 40.0. The summed E-state index contributed by atoms with van der Waals surface area (Å²) in [5, 5.41) is 0. The summed E-state index contributed by atoms with van der Waals surface area (Å²) in [5.41, 5.74) is 0.407. The van der Waals surface area contributed by atoms with Gasteiger partial charge in [-0.05, 0) is 38.0 Å². The van der Waals surface area contributed by atoms with E-state index in [-0.39, 0.29) is 35.6 Å². The molecule has 1 amide bonds. The molecule has 1 atom stereocenters. The third-order valence-corrected chi connectivity index (χ3v) is 5.36. The van der Waals surface area contributed by atoms with Gasteiger partial charge in [-0.3, -0.25) is 19.0 Å². The average Bonchev–Trinajstić information content (AvgIpc) is 2.82. The lowest BCUT2D eigenvalue weighted by Crippen LogP contribution is -2.44. The number of amides is 1. The fourth-order valence-electron chi connectivity index (χ4n) is 3.81. The molecule has 32 heavy (non-hydrogen) atoms. The number of likely N-dealkylation sites (tertiary alicyclic amines) is 1. The zero-order chi connectivity index (χ0) is 23.1. The average molecular weight is 440 g/mol. The van der Waals surface area contributed by atoms with Crippen LogP contribution < -0.4 is 15.0 Å². The number of methoxy groups -OCH3 is 2. The summed E-state index contributed by atoms with van der Waals surface area (Å²) in [6.45, 7) is 2.78. The second kappa shape index (κ2) is 10.7.